The lowest BCUT2D eigenvalue weighted by atomic mass is 10.1. The molecule has 1 fully saturated rings. The van der Waals surface area contributed by atoms with Gasteiger partial charge in [0, 0.05) is 12.3 Å². The minimum absolute atomic E-state index is 0.290. The highest BCUT2D eigenvalue weighted by atomic mass is 19.3. The zero-order valence-electron chi connectivity index (χ0n) is 10.5. The number of halogens is 2. The molecule has 2 atom stereocenters. The molecule has 0 aromatic carbocycles. The second-order valence-corrected chi connectivity index (χ2v) is 5.43. The second-order valence-electron chi connectivity index (χ2n) is 5.43. The van der Waals surface area contributed by atoms with Crippen molar-refractivity contribution in [3.05, 3.63) is 0 Å². The Morgan fingerprint density at radius 3 is 2.33 bits per heavy atom. The molecule has 5 nitrogen and oxygen atoms in total. The number of amides is 1. The van der Waals surface area contributed by atoms with Gasteiger partial charge >= 0.3 is 12.1 Å². The molecule has 0 bridgehead atoms. The molecule has 104 valence electrons. The van der Waals surface area contributed by atoms with Crippen LogP contribution >= 0.6 is 0 Å². The number of rotatable bonds is 4. The largest absolute Gasteiger partial charge is 0.480 e. The van der Waals surface area contributed by atoms with Crippen molar-refractivity contribution in [3.63, 3.8) is 0 Å². The summed E-state index contributed by atoms with van der Waals surface area (Å²) >= 11 is 0. The fourth-order valence-electron chi connectivity index (χ4n) is 1.48. The molecule has 18 heavy (non-hydrogen) atoms. The van der Waals surface area contributed by atoms with Gasteiger partial charge in [0.05, 0.1) is 0 Å². The van der Waals surface area contributed by atoms with E-state index in [1.807, 2.05) is 0 Å². The average Bonchev–Trinajstić information content (AvgIpc) is 2.68. The van der Waals surface area contributed by atoms with Crippen molar-refractivity contribution < 1.29 is 28.2 Å². The first-order chi connectivity index (χ1) is 8.01. The molecule has 1 rings (SSSR count). The summed E-state index contributed by atoms with van der Waals surface area (Å²) in [6, 6.07) is -1.35. The highest BCUT2D eigenvalue weighted by Crippen LogP contribution is 2.51. The van der Waals surface area contributed by atoms with Gasteiger partial charge in [-0.15, -0.1) is 0 Å². The quantitative estimate of drug-likeness (QED) is 0.815. The molecule has 2 unspecified atom stereocenters. The van der Waals surface area contributed by atoms with E-state index >= 15 is 0 Å². The monoisotopic (exact) mass is 265 g/mol. The van der Waals surface area contributed by atoms with E-state index in [1.165, 1.54) is 0 Å². The summed E-state index contributed by atoms with van der Waals surface area (Å²) in [7, 11) is 0. The smallest absolute Gasteiger partial charge is 0.408 e. The zero-order valence-corrected chi connectivity index (χ0v) is 10.5. The minimum atomic E-state index is -2.80. The third-order valence-electron chi connectivity index (χ3n) is 2.46. The number of nitrogens with one attached hydrogen (secondary N) is 1. The van der Waals surface area contributed by atoms with Gasteiger partial charge in [-0.25, -0.2) is 18.4 Å². The summed E-state index contributed by atoms with van der Waals surface area (Å²) in [4.78, 5) is 22.2. The van der Waals surface area contributed by atoms with Crippen molar-refractivity contribution in [3.8, 4) is 0 Å². The summed E-state index contributed by atoms with van der Waals surface area (Å²) < 4.78 is 30.3. The van der Waals surface area contributed by atoms with Crippen LogP contribution in [-0.2, 0) is 9.53 Å². The molecule has 0 spiro atoms. The van der Waals surface area contributed by atoms with E-state index in [0.29, 0.717) is 0 Å². The van der Waals surface area contributed by atoms with Gasteiger partial charge in [0.15, 0.2) is 0 Å². The number of hydrogen-bond acceptors (Lipinski definition) is 3. The molecule has 1 aliphatic carbocycles. The molecule has 0 saturated heterocycles. The van der Waals surface area contributed by atoms with Crippen LogP contribution in [0.4, 0.5) is 13.6 Å². The van der Waals surface area contributed by atoms with E-state index < -0.39 is 35.5 Å². The Labute approximate surface area is 103 Å². The fourth-order valence-corrected chi connectivity index (χ4v) is 1.48. The van der Waals surface area contributed by atoms with Gasteiger partial charge in [-0.3, -0.25) is 0 Å². The Kier molecular flexibility index (Phi) is 3.83. The molecule has 2 N–H and O–H groups in total. The number of aliphatic carboxylic acids is 1. The number of carboxylic acids is 1. The van der Waals surface area contributed by atoms with Gasteiger partial charge in [-0.1, -0.05) is 0 Å². The lowest BCUT2D eigenvalue weighted by Crippen LogP contribution is -2.43. The second kappa shape index (κ2) is 4.70. The molecular weight excluding hydrogens is 248 g/mol. The predicted octanol–water partition coefficient (Wildman–Crippen LogP) is 2.01. The molecule has 7 heteroatoms. The third kappa shape index (κ3) is 4.46. The molecule has 0 aromatic heterocycles. The topological polar surface area (TPSA) is 75.6 Å². The van der Waals surface area contributed by atoms with Crippen LogP contribution in [0.2, 0.25) is 0 Å². The van der Waals surface area contributed by atoms with Crippen LogP contribution in [0.1, 0.15) is 33.6 Å². The van der Waals surface area contributed by atoms with Gasteiger partial charge in [0.1, 0.15) is 11.6 Å². The highest BCUT2D eigenvalue weighted by molar-refractivity contribution is 5.80. The maximum absolute atomic E-state index is 12.7. The van der Waals surface area contributed by atoms with Crippen molar-refractivity contribution in [1.29, 1.82) is 0 Å². The first-order valence-electron chi connectivity index (χ1n) is 5.61. The molecule has 0 radical (unpaired) electrons. The number of ether oxygens (including phenoxy) is 1. The van der Waals surface area contributed by atoms with Crippen LogP contribution in [0.25, 0.3) is 0 Å². The predicted molar refractivity (Wildman–Crippen MR) is 58.5 cm³/mol. The van der Waals surface area contributed by atoms with E-state index in [0.717, 1.165) is 0 Å². The molecule has 1 aliphatic rings. The number of carboxylic acid groups (broad SMARTS) is 1. The fraction of sp³-hybridized carbons (Fsp3) is 0.818. The standard InChI is InChI=1S/C11H17F2NO4/c1-10(2,3)18-9(17)14-7(8(15)16)4-6-5-11(6,12)13/h6-7H,4-5H2,1-3H3,(H,14,17)(H,15,16). The van der Waals surface area contributed by atoms with Gasteiger partial charge < -0.3 is 15.2 Å². The van der Waals surface area contributed by atoms with Crippen LogP contribution in [0.5, 0.6) is 0 Å². The Morgan fingerprint density at radius 1 is 1.50 bits per heavy atom. The Morgan fingerprint density at radius 2 is 2.00 bits per heavy atom. The summed E-state index contributed by atoms with van der Waals surface area (Å²) in [5, 5.41) is 10.9. The van der Waals surface area contributed by atoms with Crippen molar-refractivity contribution in [1.82, 2.24) is 5.32 Å². The van der Waals surface area contributed by atoms with Crippen molar-refractivity contribution in [2.45, 2.75) is 51.2 Å². The first-order valence-corrected chi connectivity index (χ1v) is 5.61. The Balaban J connectivity index is 2.49. The summed E-state index contributed by atoms with van der Waals surface area (Å²) in [5.41, 5.74) is -0.767. The Hall–Kier alpha value is -1.40. The maximum Gasteiger partial charge on any atom is 0.408 e. The van der Waals surface area contributed by atoms with E-state index in [1.54, 1.807) is 20.8 Å². The number of carbonyl (C=O) groups is 2. The first kappa shape index (κ1) is 14.7. The van der Waals surface area contributed by atoms with Gasteiger partial charge in [0.25, 0.3) is 5.92 Å². The number of hydrogen-bond donors (Lipinski definition) is 2. The number of alkyl halides is 2. The normalized spacial score (nSPS) is 23.1. The third-order valence-corrected chi connectivity index (χ3v) is 2.46. The number of carbonyl (C=O) groups excluding carboxylic acids is 1. The average molecular weight is 265 g/mol. The maximum atomic E-state index is 12.7. The molecular formula is C11H17F2NO4. The van der Waals surface area contributed by atoms with Crippen LogP contribution < -0.4 is 5.32 Å². The lowest BCUT2D eigenvalue weighted by molar-refractivity contribution is -0.139. The van der Waals surface area contributed by atoms with Crippen LogP contribution in [-0.4, -0.2) is 34.7 Å². The molecule has 1 amide bonds. The van der Waals surface area contributed by atoms with Crippen LogP contribution in [0, 0.1) is 5.92 Å². The van der Waals surface area contributed by atoms with Gasteiger partial charge in [-0.05, 0) is 27.2 Å². The highest BCUT2D eigenvalue weighted by Gasteiger charge is 2.57. The van der Waals surface area contributed by atoms with E-state index in [-0.39, 0.29) is 12.8 Å². The molecule has 0 heterocycles. The van der Waals surface area contributed by atoms with Crippen molar-refractivity contribution in [2.24, 2.45) is 5.92 Å². The summed E-state index contributed by atoms with van der Waals surface area (Å²) in [5.74, 6) is -5.12. The molecule has 0 aromatic rings. The minimum Gasteiger partial charge on any atom is -0.480 e. The van der Waals surface area contributed by atoms with E-state index in [2.05, 4.69) is 5.32 Å². The van der Waals surface area contributed by atoms with E-state index in [4.69, 9.17) is 9.84 Å². The number of alkyl carbamates (subject to hydrolysis) is 1. The van der Waals surface area contributed by atoms with Crippen molar-refractivity contribution >= 4 is 12.1 Å². The van der Waals surface area contributed by atoms with Gasteiger partial charge in [0.2, 0.25) is 0 Å². The summed E-state index contributed by atoms with van der Waals surface area (Å²) in [6.45, 7) is 4.87. The molecule has 1 saturated carbocycles. The lowest BCUT2D eigenvalue weighted by Gasteiger charge is -2.21. The van der Waals surface area contributed by atoms with Crippen LogP contribution in [0.15, 0.2) is 0 Å². The molecule has 0 aliphatic heterocycles. The SMILES string of the molecule is CC(C)(C)OC(=O)NC(CC1CC1(F)F)C(=O)O. The van der Waals surface area contributed by atoms with Crippen molar-refractivity contribution in [2.75, 3.05) is 0 Å². The summed E-state index contributed by atoms with van der Waals surface area (Å²) in [6.07, 6.45) is -1.53. The zero-order chi connectivity index (χ0) is 14.1. The van der Waals surface area contributed by atoms with E-state index in [9.17, 15) is 18.4 Å². The Bertz CT molecular complexity index is 351. The van der Waals surface area contributed by atoms with Crippen LogP contribution in [0.3, 0.4) is 0 Å². The van der Waals surface area contributed by atoms with Gasteiger partial charge in [-0.2, -0.15) is 0 Å².